The number of ether oxygens (including phenoxy) is 3. The molecule has 2 rings (SSSR count). The molecule has 30 heavy (non-hydrogen) atoms. The predicted octanol–water partition coefficient (Wildman–Crippen LogP) is 4.74. The molecule has 0 saturated carbocycles. The highest BCUT2D eigenvalue weighted by atomic mass is 16.6. The molecule has 1 amide bonds. The molecule has 0 radical (unpaired) electrons. The molecule has 1 unspecified atom stereocenters. The maximum atomic E-state index is 12.9. The Morgan fingerprint density at radius 1 is 0.967 bits per heavy atom. The van der Waals surface area contributed by atoms with Crippen LogP contribution in [-0.4, -0.2) is 30.7 Å². The number of benzene rings is 2. The second-order valence-electron chi connectivity index (χ2n) is 7.60. The number of hydrogen-bond acceptors (Lipinski definition) is 5. The van der Waals surface area contributed by atoms with E-state index in [9.17, 15) is 9.59 Å². The highest BCUT2D eigenvalue weighted by molar-refractivity contribution is 5.95. The van der Waals surface area contributed by atoms with E-state index >= 15 is 0 Å². The summed E-state index contributed by atoms with van der Waals surface area (Å²) in [5.41, 5.74) is 2.46. The second-order valence-corrected chi connectivity index (χ2v) is 7.60. The molecular weight excluding hydrogens is 382 g/mol. The largest absolute Gasteiger partial charge is 0.476 e. The first-order chi connectivity index (χ1) is 14.2. The molecule has 0 bridgehead atoms. The molecule has 0 aliphatic carbocycles. The first kappa shape index (κ1) is 23.4. The van der Waals surface area contributed by atoms with E-state index in [1.165, 1.54) is 0 Å². The number of esters is 1. The molecule has 1 N–H and O–H groups in total. The van der Waals surface area contributed by atoms with Gasteiger partial charge < -0.3 is 19.5 Å². The van der Waals surface area contributed by atoms with Gasteiger partial charge in [-0.15, -0.1) is 0 Å². The van der Waals surface area contributed by atoms with Gasteiger partial charge in [-0.2, -0.15) is 0 Å². The highest BCUT2D eigenvalue weighted by Crippen LogP contribution is 2.26. The fourth-order valence-electron chi connectivity index (χ4n) is 3.10. The first-order valence-electron chi connectivity index (χ1n) is 10.1. The van der Waals surface area contributed by atoms with Crippen molar-refractivity contribution < 1.29 is 23.8 Å². The van der Waals surface area contributed by atoms with Gasteiger partial charge in [0.2, 0.25) is 0 Å². The zero-order valence-corrected chi connectivity index (χ0v) is 18.6. The third-order valence-corrected chi connectivity index (χ3v) is 4.38. The molecule has 2 aromatic carbocycles. The van der Waals surface area contributed by atoms with Crippen LogP contribution in [0.2, 0.25) is 0 Å². The number of aryl methyl sites for hydroxylation is 2. The average Bonchev–Trinajstić information content (AvgIpc) is 2.66. The summed E-state index contributed by atoms with van der Waals surface area (Å²) in [5.74, 6) is -0.182. The van der Waals surface area contributed by atoms with Crippen LogP contribution < -0.4 is 10.1 Å². The van der Waals surface area contributed by atoms with E-state index in [4.69, 9.17) is 14.2 Å². The lowest BCUT2D eigenvalue weighted by atomic mass is 10.1. The fourth-order valence-corrected chi connectivity index (χ4v) is 3.10. The Labute approximate surface area is 178 Å². The molecule has 0 fully saturated rings. The Balaban J connectivity index is 2.15. The monoisotopic (exact) mass is 413 g/mol. The van der Waals surface area contributed by atoms with Crippen LogP contribution in [-0.2, 0) is 19.1 Å². The molecule has 0 aliphatic heterocycles. The van der Waals surface area contributed by atoms with Crippen molar-refractivity contribution in [2.75, 3.05) is 18.5 Å². The van der Waals surface area contributed by atoms with Gasteiger partial charge in [-0.3, -0.25) is 4.79 Å². The van der Waals surface area contributed by atoms with Crippen molar-refractivity contribution in [3.05, 3.63) is 59.2 Å². The van der Waals surface area contributed by atoms with Crippen LogP contribution >= 0.6 is 0 Å². The van der Waals surface area contributed by atoms with Crippen molar-refractivity contribution in [1.29, 1.82) is 0 Å². The summed E-state index contributed by atoms with van der Waals surface area (Å²) in [6.07, 6.45) is -0.761. The van der Waals surface area contributed by atoms with Crippen molar-refractivity contribution in [3.8, 4) is 5.75 Å². The molecule has 0 saturated heterocycles. The van der Waals surface area contributed by atoms with Crippen molar-refractivity contribution in [1.82, 2.24) is 0 Å². The van der Waals surface area contributed by atoms with E-state index in [1.807, 2.05) is 39.0 Å². The SMILES string of the molecule is CCOC(=O)C(C)(C)Oc1ccc(C(OCC)C(=O)Nc2cc(C)cc(C)c2)cc1. The van der Waals surface area contributed by atoms with E-state index in [0.29, 0.717) is 17.9 Å². The molecule has 1 atom stereocenters. The Bertz CT molecular complexity index is 853. The smallest absolute Gasteiger partial charge is 0.349 e. The second kappa shape index (κ2) is 10.3. The molecule has 0 spiro atoms. The lowest BCUT2D eigenvalue weighted by Gasteiger charge is -2.24. The molecule has 2 aromatic rings. The van der Waals surface area contributed by atoms with Gasteiger partial charge >= 0.3 is 5.97 Å². The number of carbonyl (C=O) groups is 2. The van der Waals surface area contributed by atoms with Gasteiger partial charge in [0, 0.05) is 12.3 Å². The molecule has 0 aliphatic rings. The Morgan fingerprint density at radius 3 is 2.10 bits per heavy atom. The summed E-state index contributed by atoms with van der Waals surface area (Å²) in [4.78, 5) is 24.9. The average molecular weight is 414 g/mol. The van der Waals surface area contributed by atoms with E-state index in [2.05, 4.69) is 5.32 Å². The topological polar surface area (TPSA) is 73.9 Å². The third kappa shape index (κ3) is 6.32. The van der Waals surface area contributed by atoms with Gasteiger partial charge in [0.25, 0.3) is 5.91 Å². The summed E-state index contributed by atoms with van der Waals surface area (Å²) in [5, 5.41) is 2.93. The summed E-state index contributed by atoms with van der Waals surface area (Å²) in [6.45, 7) is 11.5. The lowest BCUT2D eigenvalue weighted by molar-refractivity contribution is -0.158. The van der Waals surface area contributed by atoms with Crippen LogP contribution in [0.3, 0.4) is 0 Å². The predicted molar refractivity (Wildman–Crippen MR) is 117 cm³/mol. The van der Waals surface area contributed by atoms with E-state index < -0.39 is 17.7 Å². The summed E-state index contributed by atoms with van der Waals surface area (Å²) < 4.78 is 16.5. The fraction of sp³-hybridized carbons (Fsp3) is 0.417. The van der Waals surface area contributed by atoms with Gasteiger partial charge in [0.15, 0.2) is 11.7 Å². The van der Waals surface area contributed by atoms with Crippen LogP contribution in [0, 0.1) is 13.8 Å². The molecular formula is C24H31NO5. The van der Waals surface area contributed by atoms with Gasteiger partial charge in [-0.05, 0) is 82.5 Å². The number of nitrogens with one attached hydrogen (secondary N) is 1. The minimum atomic E-state index is -1.11. The zero-order valence-electron chi connectivity index (χ0n) is 18.6. The van der Waals surface area contributed by atoms with Crippen LogP contribution in [0.25, 0.3) is 0 Å². The van der Waals surface area contributed by atoms with Gasteiger partial charge in [-0.25, -0.2) is 4.79 Å². The highest BCUT2D eigenvalue weighted by Gasteiger charge is 2.31. The maximum absolute atomic E-state index is 12.9. The number of carbonyl (C=O) groups excluding carboxylic acids is 2. The standard InChI is InChI=1S/C24H31NO5/c1-7-28-21(22(26)25-19-14-16(3)13-17(4)15-19)18-9-11-20(12-10-18)30-24(5,6)23(27)29-8-2/h9-15,21H,7-8H2,1-6H3,(H,25,26). The van der Waals surface area contributed by atoms with E-state index in [1.54, 1.807) is 45.0 Å². The van der Waals surface area contributed by atoms with Gasteiger partial charge in [0.05, 0.1) is 6.61 Å². The van der Waals surface area contributed by atoms with Crippen LogP contribution in [0.4, 0.5) is 5.69 Å². The first-order valence-corrected chi connectivity index (χ1v) is 10.1. The van der Waals surface area contributed by atoms with Gasteiger partial charge in [0.1, 0.15) is 5.75 Å². The molecule has 6 nitrogen and oxygen atoms in total. The minimum Gasteiger partial charge on any atom is -0.476 e. The number of amides is 1. The number of anilines is 1. The van der Waals surface area contributed by atoms with Crippen molar-refractivity contribution >= 4 is 17.6 Å². The maximum Gasteiger partial charge on any atom is 0.349 e. The van der Waals surface area contributed by atoms with Crippen molar-refractivity contribution in [2.24, 2.45) is 0 Å². The van der Waals surface area contributed by atoms with Crippen LogP contribution in [0.5, 0.6) is 5.75 Å². The van der Waals surface area contributed by atoms with Crippen molar-refractivity contribution in [2.45, 2.75) is 53.2 Å². The Morgan fingerprint density at radius 2 is 1.57 bits per heavy atom. The van der Waals surface area contributed by atoms with Crippen LogP contribution in [0.15, 0.2) is 42.5 Å². The Hall–Kier alpha value is -2.86. The normalized spacial score (nSPS) is 12.2. The van der Waals surface area contributed by atoms with E-state index in [0.717, 1.165) is 16.8 Å². The number of rotatable bonds is 9. The molecule has 6 heteroatoms. The van der Waals surface area contributed by atoms with Crippen LogP contribution in [0.1, 0.15) is 50.5 Å². The quantitative estimate of drug-likeness (QED) is 0.601. The number of hydrogen-bond donors (Lipinski definition) is 1. The third-order valence-electron chi connectivity index (χ3n) is 4.38. The minimum absolute atomic E-state index is 0.248. The molecule has 162 valence electrons. The van der Waals surface area contributed by atoms with E-state index in [-0.39, 0.29) is 12.5 Å². The molecule has 0 aromatic heterocycles. The summed E-state index contributed by atoms with van der Waals surface area (Å²) >= 11 is 0. The summed E-state index contributed by atoms with van der Waals surface area (Å²) in [6, 6.07) is 12.8. The molecule has 0 heterocycles. The van der Waals surface area contributed by atoms with Gasteiger partial charge in [-0.1, -0.05) is 18.2 Å². The Kier molecular flexibility index (Phi) is 8.00. The lowest BCUT2D eigenvalue weighted by Crippen LogP contribution is -2.39. The zero-order chi connectivity index (χ0) is 22.3. The van der Waals surface area contributed by atoms with Crippen molar-refractivity contribution in [3.63, 3.8) is 0 Å². The summed E-state index contributed by atoms with van der Waals surface area (Å²) in [7, 11) is 0.